The molecule has 0 unspecified atom stereocenters. The van der Waals surface area contributed by atoms with Crippen LogP contribution in [0.3, 0.4) is 0 Å². The average molecular weight is 282 g/mol. The lowest BCUT2D eigenvalue weighted by atomic mass is 9.57. The first-order valence-electron chi connectivity index (χ1n) is 7.84. The number of aromatic nitrogens is 1. The molecule has 1 aliphatic rings. The van der Waals surface area contributed by atoms with Gasteiger partial charge in [0.15, 0.2) is 0 Å². The van der Waals surface area contributed by atoms with E-state index in [1.165, 1.54) is 17.4 Å². The monoisotopic (exact) mass is 282 g/mol. The number of nitrogens with zero attached hydrogens (tertiary/aromatic N) is 1. The number of hydrogen-bond acceptors (Lipinski definition) is 2. The quantitative estimate of drug-likeness (QED) is 0.828. The molecule has 2 aromatic rings. The summed E-state index contributed by atoms with van der Waals surface area (Å²) in [6.45, 7) is 9.38. The van der Waals surface area contributed by atoms with E-state index in [9.17, 15) is 0 Å². The van der Waals surface area contributed by atoms with E-state index in [2.05, 4.69) is 56.9 Å². The third-order valence-electron chi connectivity index (χ3n) is 4.72. The minimum absolute atomic E-state index is 0.241. The van der Waals surface area contributed by atoms with Gasteiger partial charge >= 0.3 is 0 Å². The normalized spacial score (nSPS) is 23.1. The zero-order valence-corrected chi connectivity index (χ0v) is 13.6. The van der Waals surface area contributed by atoms with Crippen LogP contribution in [-0.4, -0.2) is 4.98 Å². The highest BCUT2D eigenvalue weighted by Gasteiger charge is 2.46. The zero-order chi connectivity index (χ0) is 15.3. The first-order valence-corrected chi connectivity index (χ1v) is 7.84. The van der Waals surface area contributed by atoms with Gasteiger partial charge in [-0.3, -0.25) is 4.98 Å². The maximum Gasteiger partial charge on any atom is 0.0702 e. The molecule has 1 aliphatic carbocycles. The maximum absolute atomic E-state index is 6.90. The number of benzene rings is 1. The Labute approximate surface area is 127 Å². The fraction of sp³-hybridized carbons (Fsp3) is 0.526. The summed E-state index contributed by atoms with van der Waals surface area (Å²) in [5, 5.41) is 1.18. The number of pyridine rings is 1. The first-order chi connectivity index (χ1) is 9.69. The Bertz CT molecular complexity index is 654. The van der Waals surface area contributed by atoms with Crippen LogP contribution in [0, 0.1) is 10.8 Å². The Balaban J connectivity index is 2.07. The van der Waals surface area contributed by atoms with Gasteiger partial charge in [0.2, 0.25) is 0 Å². The summed E-state index contributed by atoms with van der Waals surface area (Å²) >= 11 is 0. The van der Waals surface area contributed by atoms with Gasteiger partial charge in [-0.25, -0.2) is 0 Å². The fourth-order valence-corrected chi connectivity index (χ4v) is 4.78. The minimum Gasteiger partial charge on any atom is -0.321 e. The lowest BCUT2D eigenvalue weighted by molar-refractivity contribution is 0.0471. The second kappa shape index (κ2) is 4.54. The topological polar surface area (TPSA) is 38.9 Å². The van der Waals surface area contributed by atoms with Gasteiger partial charge in [0.25, 0.3) is 0 Å². The van der Waals surface area contributed by atoms with Crippen LogP contribution in [0.2, 0.25) is 0 Å². The van der Waals surface area contributed by atoms with Crippen molar-refractivity contribution in [2.75, 3.05) is 0 Å². The standard InChI is InChI=1S/C19H26N2/c1-17(2)11-18(3,4)13-19(20,12-17)15-7-8-16-14(10-15)6-5-9-21-16/h5-10H,11-13,20H2,1-4H3. The van der Waals surface area contributed by atoms with E-state index in [0.29, 0.717) is 0 Å². The van der Waals surface area contributed by atoms with Gasteiger partial charge in [-0.15, -0.1) is 0 Å². The third kappa shape index (κ3) is 2.82. The van der Waals surface area contributed by atoms with E-state index >= 15 is 0 Å². The number of nitrogens with two attached hydrogens (primary N) is 1. The summed E-state index contributed by atoms with van der Waals surface area (Å²) in [6.07, 6.45) is 5.14. The first kappa shape index (κ1) is 14.5. The molecule has 2 nitrogen and oxygen atoms in total. The molecule has 0 radical (unpaired) electrons. The van der Waals surface area contributed by atoms with Crippen LogP contribution < -0.4 is 5.73 Å². The Hall–Kier alpha value is -1.41. The van der Waals surface area contributed by atoms with Crippen molar-refractivity contribution in [2.24, 2.45) is 16.6 Å². The third-order valence-corrected chi connectivity index (χ3v) is 4.72. The molecule has 0 amide bonds. The summed E-state index contributed by atoms with van der Waals surface area (Å²) < 4.78 is 0. The molecule has 0 bridgehead atoms. The molecule has 2 N–H and O–H groups in total. The molecule has 1 fully saturated rings. The van der Waals surface area contributed by atoms with Crippen LogP contribution in [-0.2, 0) is 5.54 Å². The number of fused-ring (bicyclic) bond motifs is 1. The van der Waals surface area contributed by atoms with Crippen LogP contribution in [0.5, 0.6) is 0 Å². The van der Waals surface area contributed by atoms with E-state index in [-0.39, 0.29) is 16.4 Å². The molecule has 112 valence electrons. The van der Waals surface area contributed by atoms with Crippen LogP contribution >= 0.6 is 0 Å². The fourth-order valence-electron chi connectivity index (χ4n) is 4.78. The van der Waals surface area contributed by atoms with Gasteiger partial charge in [0, 0.05) is 17.1 Å². The molecule has 1 heterocycles. The minimum atomic E-state index is -0.241. The van der Waals surface area contributed by atoms with E-state index in [1.807, 2.05) is 12.3 Å². The molecular weight excluding hydrogens is 256 g/mol. The highest BCUT2D eigenvalue weighted by Crippen LogP contribution is 2.52. The van der Waals surface area contributed by atoms with Crippen LogP contribution in [0.1, 0.15) is 52.5 Å². The van der Waals surface area contributed by atoms with Crippen molar-refractivity contribution < 1.29 is 0 Å². The van der Waals surface area contributed by atoms with Crippen molar-refractivity contribution >= 4 is 10.9 Å². The lowest BCUT2D eigenvalue weighted by Gasteiger charge is -2.50. The van der Waals surface area contributed by atoms with Crippen molar-refractivity contribution in [3.63, 3.8) is 0 Å². The van der Waals surface area contributed by atoms with Gasteiger partial charge in [-0.05, 0) is 53.9 Å². The highest BCUT2D eigenvalue weighted by molar-refractivity contribution is 5.79. The summed E-state index contributed by atoms with van der Waals surface area (Å²) in [5.41, 5.74) is 9.51. The van der Waals surface area contributed by atoms with Crippen molar-refractivity contribution in [1.29, 1.82) is 0 Å². The Morgan fingerprint density at radius 1 is 0.952 bits per heavy atom. The summed E-state index contributed by atoms with van der Waals surface area (Å²) in [7, 11) is 0. The number of hydrogen-bond donors (Lipinski definition) is 1. The molecule has 0 aliphatic heterocycles. The van der Waals surface area contributed by atoms with Gasteiger partial charge in [0.05, 0.1) is 5.52 Å². The van der Waals surface area contributed by atoms with E-state index in [0.717, 1.165) is 18.4 Å². The molecule has 21 heavy (non-hydrogen) atoms. The van der Waals surface area contributed by atoms with E-state index < -0.39 is 0 Å². The highest BCUT2D eigenvalue weighted by atomic mass is 14.8. The Morgan fingerprint density at radius 3 is 2.29 bits per heavy atom. The Morgan fingerprint density at radius 2 is 1.62 bits per heavy atom. The molecule has 1 aromatic carbocycles. The van der Waals surface area contributed by atoms with E-state index in [1.54, 1.807) is 0 Å². The molecule has 3 rings (SSSR count). The largest absolute Gasteiger partial charge is 0.321 e. The van der Waals surface area contributed by atoms with Gasteiger partial charge in [-0.2, -0.15) is 0 Å². The van der Waals surface area contributed by atoms with Crippen molar-refractivity contribution in [3.8, 4) is 0 Å². The zero-order valence-electron chi connectivity index (χ0n) is 13.6. The van der Waals surface area contributed by atoms with Crippen molar-refractivity contribution in [1.82, 2.24) is 4.98 Å². The summed E-state index contributed by atoms with van der Waals surface area (Å²) in [6, 6.07) is 10.6. The Kier molecular flexibility index (Phi) is 3.14. The van der Waals surface area contributed by atoms with E-state index in [4.69, 9.17) is 5.73 Å². The van der Waals surface area contributed by atoms with Crippen molar-refractivity contribution in [2.45, 2.75) is 52.5 Å². The van der Waals surface area contributed by atoms with Gasteiger partial charge in [-0.1, -0.05) is 39.8 Å². The smallest absolute Gasteiger partial charge is 0.0702 e. The molecule has 0 atom stereocenters. The second-order valence-corrected chi connectivity index (χ2v) is 8.43. The predicted molar refractivity (Wildman–Crippen MR) is 89.0 cm³/mol. The summed E-state index contributed by atoms with van der Waals surface area (Å²) in [5.74, 6) is 0. The predicted octanol–water partition coefficient (Wildman–Crippen LogP) is 4.63. The molecule has 0 spiro atoms. The van der Waals surface area contributed by atoms with Crippen LogP contribution in [0.4, 0.5) is 0 Å². The van der Waals surface area contributed by atoms with Gasteiger partial charge < -0.3 is 5.73 Å². The second-order valence-electron chi connectivity index (χ2n) is 8.43. The maximum atomic E-state index is 6.90. The molecule has 2 heteroatoms. The SMILES string of the molecule is CC1(C)CC(C)(C)CC(N)(c2ccc3ncccc3c2)C1. The summed E-state index contributed by atoms with van der Waals surface area (Å²) in [4.78, 5) is 4.41. The van der Waals surface area contributed by atoms with Gasteiger partial charge in [0.1, 0.15) is 0 Å². The van der Waals surface area contributed by atoms with Crippen LogP contribution in [0.25, 0.3) is 10.9 Å². The molecule has 1 saturated carbocycles. The molecule has 1 aromatic heterocycles. The molecular formula is C19H26N2. The van der Waals surface area contributed by atoms with Crippen LogP contribution in [0.15, 0.2) is 36.5 Å². The number of rotatable bonds is 1. The lowest BCUT2D eigenvalue weighted by Crippen LogP contribution is -2.49. The van der Waals surface area contributed by atoms with Crippen molar-refractivity contribution in [3.05, 3.63) is 42.1 Å². The molecule has 0 saturated heterocycles. The average Bonchev–Trinajstić information content (AvgIpc) is 2.34.